The van der Waals surface area contributed by atoms with E-state index < -0.39 is 0 Å². The van der Waals surface area contributed by atoms with Crippen molar-refractivity contribution in [3.8, 4) is 0 Å². The summed E-state index contributed by atoms with van der Waals surface area (Å²) in [5.74, 6) is 1.85. The minimum Gasteiger partial charge on any atom is -0.465 e. The molecule has 2 nitrogen and oxygen atoms in total. The van der Waals surface area contributed by atoms with E-state index in [1.807, 2.05) is 0 Å². The fourth-order valence-electron chi connectivity index (χ4n) is 2.39. The molecule has 2 rings (SSSR count). The number of esters is 1. The van der Waals surface area contributed by atoms with E-state index in [0.717, 1.165) is 5.92 Å². The molecule has 0 aromatic rings. The molecule has 14 heavy (non-hydrogen) atoms. The number of carbonyl (C=O) groups is 1. The molecule has 0 aromatic carbocycles. The summed E-state index contributed by atoms with van der Waals surface area (Å²) in [5, 5.41) is 0. The number of hydrogen-bond acceptors (Lipinski definition) is 2. The minimum atomic E-state index is -0.184. The number of ether oxygens (including phenoxy) is 1. The highest BCUT2D eigenvalue weighted by Gasteiger charge is 2.36. The Bertz CT molecular complexity index is 260. The third-order valence-electron chi connectivity index (χ3n) is 3.18. The second kappa shape index (κ2) is 4.05. The van der Waals surface area contributed by atoms with E-state index in [9.17, 15) is 4.79 Å². The van der Waals surface area contributed by atoms with Gasteiger partial charge >= 0.3 is 5.97 Å². The van der Waals surface area contributed by atoms with Crippen LogP contribution in [0, 0.1) is 17.8 Å². The molecule has 0 amide bonds. The Morgan fingerprint density at radius 1 is 1.57 bits per heavy atom. The second-order valence-electron chi connectivity index (χ2n) is 4.29. The summed E-state index contributed by atoms with van der Waals surface area (Å²) in [6.07, 6.45) is 7.05. The summed E-state index contributed by atoms with van der Waals surface area (Å²) in [5.41, 5.74) is 0. The molecule has 0 aliphatic heterocycles. The van der Waals surface area contributed by atoms with Gasteiger partial charge in [-0.3, -0.25) is 4.79 Å². The number of allylic oxidation sites excluding steroid dienone is 2. The van der Waals surface area contributed by atoms with Gasteiger partial charge in [0.25, 0.3) is 0 Å². The Labute approximate surface area is 92.8 Å². The number of hydrogen-bond donors (Lipinski definition) is 0. The molecule has 4 atom stereocenters. The van der Waals surface area contributed by atoms with Crippen molar-refractivity contribution in [1.82, 2.24) is 0 Å². The van der Waals surface area contributed by atoms with Crippen molar-refractivity contribution in [2.24, 2.45) is 17.8 Å². The lowest BCUT2D eigenvalue weighted by atomic mass is 9.95. The fraction of sp³-hybridized carbons (Fsp3) is 0.727. The zero-order chi connectivity index (χ0) is 10.1. The molecule has 1 fully saturated rings. The van der Waals surface area contributed by atoms with E-state index in [1.54, 1.807) is 6.92 Å². The molecule has 1 saturated carbocycles. The van der Waals surface area contributed by atoms with Crippen LogP contribution in [-0.4, -0.2) is 17.4 Å². The van der Waals surface area contributed by atoms with E-state index in [0.29, 0.717) is 18.4 Å². The van der Waals surface area contributed by atoms with Gasteiger partial charge in [0, 0.05) is 0 Å². The summed E-state index contributed by atoms with van der Waals surface area (Å²) in [6, 6.07) is 0. The maximum Gasteiger partial charge on any atom is 0.319 e. The molecule has 78 valence electrons. The molecule has 0 N–H and O–H groups in total. The number of halogens is 1. The van der Waals surface area contributed by atoms with Crippen LogP contribution in [0.25, 0.3) is 0 Å². The van der Waals surface area contributed by atoms with Gasteiger partial charge in [-0.25, -0.2) is 0 Å². The lowest BCUT2D eigenvalue weighted by Gasteiger charge is -2.18. The smallest absolute Gasteiger partial charge is 0.319 e. The Morgan fingerprint density at radius 2 is 2.36 bits per heavy atom. The maximum absolute atomic E-state index is 11.2. The SMILES string of the molecule is CC(Br)C(=O)OC[C@H]1C[C@@H]2C=C[C@H]1C2. The van der Waals surface area contributed by atoms with Crippen LogP contribution in [0.15, 0.2) is 12.2 Å². The van der Waals surface area contributed by atoms with E-state index in [1.165, 1.54) is 12.8 Å². The van der Waals surface area contributed by atoms with Crippen molar-refractivity contribution in [1.29, 1.82) is 0 Å². The molecule has 3 heteroatoms. The minimum absolute atomic E-state index is 0.142. The van der Waals surface area contributed by atoms with E-state index >= 15 is 0 Å². The average molecular weight is 259 g/mol. The van der Waals surface area contributed by atoms with Gasteiger partial charge < -0.3 is 4.74 Å². The summed E-state index contributed by atoms with van der Waals surface area (Å²) in [4.78, 5) is 11.0. The number of rotatable bonds is 3. The summed E-state index contributed by atoms with van der Waals surface area (Å²) >= 11 is 3.20. The number of alkyl halides is 1. The maximum atomic E-state index is 11.2. The van der Waals surface area contributed by atoms with Crippen molar-refractivity contribution >= 4 is 21.9 Å². The van der Waals surface area contributed by atoms with Crippen LogP contribution in [0.1, 0.15) is 19.8 Å². The fourth-order valence-corrected chi connectivity index (χ4v) is 2.52. The van der Waals surface area contributed by atoms with Gasteiger partial charge in [0.1, 0.15) is 4.83 Å². The molecule has 2 bridgehead atoms. The highest BCUT2D eigenvalue weighted by Crippen LogP contribution is 2.43. The molecule has 0 spiro atoms. The molecule has 1 unspecified atom stereocenters. The van der Waals surface area contributed by atoms with Gasteiger partial charge in [-0.05, 0) is 37.5 Å². The van der Waals surface area contributed by atoms with Crippen LogP contribution in [0.4, 0.5) is 0 Å². The first-order valence-corrected chi connectivity index (χ1v) is 6.07. The topological polar surface area (TPSA) is 26.3 Å². The molecule has 2 aliphatic rings. The number of carbonyl (C=O) groups excluding carboxylic acids is 1. The highest BCUT2D eigenvalue weighted by molar-refractivity contribution is 9.10. The first-order chi connectivity index (χ1) is 6.66. The normalized spacial score (nSPS) is 36.0. The summed E-state index contributed by atoms with van der Waals surface area (Å²) in [6.45, 7) is 2.39. The van der Waals surface area contributed by atoms with Gasteiger partial charge in [0.05, 0.1) is 6.61 Å². The largest absolute Gasteiger partial charge is 0.465 e. The molecule has 0 radical (unpaired) electrons. The first-order valence-electron chi connectivity index (χ1n) is 5.16. The van der Waals surface area contributed by atoms with Crippen molar-refractivity contribution in [2.75, 3.05) is 6.61 Å². The van der Waals surface area contributed by atoms with Crippen LogP contribution >= 0.6 is 15.9 Å². The second-order valence-corrected chi connectivity index (χ2v) is 5.66. The van der Waals surface area contributed by atoms with Gasteiger partial charge in [-0.2, -0.15) is 0 Å². The van der Waals surface area contributed by atoms with E-state index in [4.69, 9.17) is 4.74 Å². The summed E-state index contributed by atoms with van der Waals surface area (Å²) < 4.78 is 5.22. The van der Waals surface area contributed by atoms with E-state index in [-0.39, 0.29) is 10.8 Å². The van der Waals surface area contributed by atoms with Crippen molar-refractivity contribution in [2.45, 2.75) is 24.6 Å². The zero-order valence-corrected chi connectivity index (χ0v) is 9.87. The Balaban J connectivity index is 1.77. The average Bonchev–Trinajstić information content (AvgIpc) is 2.74. The quantitative estimate of drug-likeness (QED) is 0.442. The van der Waals surface area contributed by atoms with Crippen LogP contribution in [0.2, 0.25) is 0 Å². The van der Waals surface area contributed by atoms with E-state index in [2.05, 4.69) is 28.1 Å². The zero-order valence-electron chi connectivity index (χ0n) is 8.28. The predicted molar refractivity (Wildman–Crippen MR) is 58.2 cm³/mol. The van der Waals surface area contributed by atoms with Gasteiger partial charge in [-0.1, -0.05) is 28.1 Å². The molecular weight excluding hydrogens is 244 g/mol. The van der Waals surface area contributed by atoms with Gasteiger partial charge in [0.15, 0.2) is 0 Å². The van der Waals surface area contributed by atoms with Crippen molar-refractivity contribution in [3.05, 3.63) is 12.2 Å². The van der Waals surface area contributed by atoms with Crippen LogP contribution < -0.4 is 0 Å². The van der Waals surface area contributed by atoms with Crippen LogP contribution in [0.5, 0.6) is 0 Å². The van der Waals surface area contributed by atoms with Gasteiger partial charge in [0.2, 0.25) is 0 Å². The highest BCUT2D eigenvalue weighted by atomic mass is 79.9. The molecule has 0 aromatic heterocycles. The summed E-state index contributed by atoms with van der Waals surface area (Å²) in [7, 11) is 0. The molecule has 0 heterocycles. The monoisotopic (exact) mass is 258 g/mol. The molecule has 0 saturated heterocycles. The Kier molecular flexibility index (Phi) is 2.96. The van der Waals surface area contributed by atoms with Crippen molar-refractivity contribution < 1.29 is 9.53 Å². The molecular formula is C11H15BrO2. The predicted octanol–water partition coefficient (Wildman–Crippen LogP) is 2.53. The third-order valence-corrected chi connectivity index (χ3v) is 3.55. The van der Waals surface area contributed by atoms with Crippen LogP contribution in [-0.2, 0) is 9.53 Å². The molecule has 2 aliphatic carbocycles. The van der Waals surface area contributed by atoms with Crippen molar-refractivity contribution in [3.63, 3.8) is 0 Å². The Hall–Kier alpha value is -0.310. The number of fused-ring (bicyclic) bond motifs is 2. The lowest BCUT2D eigenvalue weighted by Crippen LogP contribution is -2.21. The third kappa shape index (κ3) is 2.02. The Morgan fingerprint density at radius 3 is 2.86 bits per heavy atom. The standard InChI is InChI=1S/C11H15BrO2/c1-7(12)11(13)14-6-10-5-8-2-3-9(10)4-8/h2-3,7-10H,4-6H2,1H3/t7?,8-,9+,10-/m1/s1. The van der Waals surface area contributed by atoms with Gasteiger partial charge in [-0.15, -0.1) is 0 Å². The van der Waals surface area contributed by atoms with Crippen LogP contribution in [0.3, 0.4) is 0 Å². The first kappa shape index (κ1) is 10.2. The lowest BCUT2D eigenvalue weighted by molar-refractivity contribution is -0.144.